The van der Waals surface area contributed by atoms with Crippen LogP contribution in [0, 0.1) is 3.57 Å². The Kier molecular flexibility index (Phi) is 3.95. The van der Waals surface area contributed by atoms with Gasteiger partial charge in [-0.3, -0.25) is 4.79 Å². The summed E-state index contributed by atoms with van der Waals surface area (Å²) < 4.78 is 1.08. The smallest absolute Gasteiger partial charge is 0.230 e. The molecule has 0 aliphatic heterocycles. The van der Waals surface area contributed by atoms with Gasteiger partial charge in [-0.25, -0.2) is 4.98 Å². The summed E-state index contributed by atoms with van der Waals surface area (Å²) in [4.78, 5) is 15.8. The summed E-state index contributed by atoms with van der Waals surface area (Å²) in [5.41, 5.74) is 7.00. The number of nitrogens with one attached hydrogen (secondary N) is 1. The first kappa shape index (κ1) is 12.3. The fraction of sp³-hybridized carbons (Fsp3) is 0.0909. The van der Waals surface area contributed by atoms with E-state index in [9.17, 15) is 4.79 Å². The maximum atomic E-state index is 11.7. The van der Waals surface area contributed by atoms with Crippen molar-refractivity contribution in [1.82, 2.24) is 4.98 Å². The van der Waals surface area contributed by atoms with Crippen LogP contribution >= 0.6 is 33.9 Å². The van der Waals surface area contributed by atoms with Crippen LogP contribution in [-0.2, 0) is 11.2 Å². The fourth-order valence-corrected chi connectivity index (χ4v) is 2.45. The van der Waals surface area contributed by atoms with Crippen LogP contribution < -0.4 is 11.1 Å². The number of hydrogen-bond acceptors (Lipinski definition) is 4. The molecule has 0 saturated carbocycles. The third-order valence-corrected chi connectivity index (χ3v) is 3.41. The number of benzene rings is 1. The summed E-state index contributed by atoms with van der Waals surface area (Å²) in [7, 11) is 0. The molecule has 0 saturated heterocycles. The van der Waals surface area contributed by atoms with Crippen LogP contribution in [0.1, 0.15) is 5.69 Å². The second kappa shape index (κ2) is 5.46. The number of carbonyl (C=O) groups excluding carboxylic acids is 1. The van der Waals surface area contributed by atoms with Gasteiger partial charge in [-0.1, -0.05) is 6.07 Å². The predicted molar refractivity (Wildman–Crippen MR) is 78.0 cm³/mol. The van der Waals surface area contributed by atoms with E-state index >= 15 is 0 Å². The lowest BCUT2D eigenvalue weighted by Gasteiger charge is -2.04. The van der Waals surface area contributed by atoms with Crippen molar-refractivity contribution in [2.75, 3.05) is 11.1 Å². The highest BCUT2D eigenvalue weighted by atomic mass is 127. The number of nitrogens with two attached hydrogens (primary N) is 1. The number of halogens is 1. The van der Waals surface area contributed by atoms with Gasteiger partial charge in [-0.2, -0.15) is 0 Å². The SMILES string of the molecule is Nc1nc(CC(=O)Nc2cccc(I)c2)cs1. The summed E-state index contributed by atoms with van der Waals surface area (Å²) in [5, 5.41) is 5.10. The van der Waals surface area contributed by atoms with Gasteiger partial charge >= 0.3 is 0 Å². The zero-order valence-electron chi connectivity index (χ0n) is 8.81. The normalized spacial score (nSPS) is 10.2. The Morgan fingerprint density at radius 3 is 3.00 bits per heavy atom. The van der Waals surface area contributed by atoms with Crippen LogP contribution in [0.2, 0.25) is 0 Å². The first-order valence-electron chi connectivity index (χ1n) is 4.89. The largest absolute Gasteiger partial charge is 0.375 e. The van der Waals surface area contributed by atoms with Crippen LogP contribution in [0.5, 0.6) is 0 Å². The first-order valence-corrected chi connectivity index (χ1v) is 6.84. The molecule has 6 heteroatoms. The number of carbonyl (C=O) groups is 1. The van der Waals surface area contributed by atoms with Gasteiger partial charge in [0, 0.05) is 14.6 Å². The molecule has 0 spiro atoms. The summed E-state index contributed by atoms with van der Waals surface area (Å²) in [6, 6.07) is 7.64. The fourth-order valence-electron chi connectivity index (χ4n) is 1.34. The highest BCUT2D eigenvalue weighted by molar-refractivity contribution is 14.1. The summed E-state index contributed by atoms with van der Waals surface area (Å²) in [6.07, 6.45) is 0.249. The quantitative estimate of drug-likeness (QED) is 0.828. The van der Waals surface area contributed by atoms with Crippen LogP contribution in [0.3, 0.4) is 0 Å². The summed E-state index contributed by atoms with van der Waals surface area (Å²) in [5.74, 6) is -0.0858. The molecule has 88 valence electrons. The second-order valence-corrected chi connectivity index (χ2v) is 5.55. The van der Waals surface area contributed by atoms with Gasteiger partial charge in [0.15, 0.2) is 5.13 Å². The van der Waals surface area contributed by atoms with E-state index < -0.39 is 0 Å². The molecular weight excluding hydrogens is 349 g/mol. The number of anilines is 2. The standard InChI is InChI=1S/C11H10IN3OS/c12-7-2-1-3-8(4-7)14-10(16)5-9-6-17-11(13)15-9/h1-4,6H,5H2,(H2,13,15)(H,14,16). The van der Waals surface area contributed by atoms with Gasteiger partial charge in [-0.05, 0) is 40.8 Å². The monoisotopic (exact) mass is 359 g/mol. The lowest BCUT2D eigenvalue weighted by Crippen LogP contribution is -2.14. The number of amides is 1. The topological polar surface area (TPSA) is 68.0 Å². The maximum Gasteiger partial charge on any atom is 0.230 e. The van der Waals surface area contributed by atoms with Crippen LogP contribution in [0.15, 0.2) is 29.6 Å². The molecule has 0 aliphatic rings. The van der Waals surface area contributed by atoms with E-state index in [-0.39, 0.29) is 12.3 Å². The van der Waals surface area contributed by atoms with Crippen LogP contribution in [-0.4, -0.2) is 10.9 Å². The van der Waals surface area contributed by atoms with E-state index in [0.717, 1.165) is 9.26 Å². The van der Waals surface area contributed by atoms with E-state index in [2.05, 4.69) is 32.9 Å². The van der Waals surface area contributed by atoms with Crippen LogP contribution in [0.4, 0.5) is 10.8 Å². The van der Waals surface area contributed by atoms with E-state index in [1.807, 2.05) is 24.3 Å². The molecule has 0 aliphatic carbocycles. The molecule has 0 bridgehead atoms. The van der Waals surface area contributed by atoms with Gasteiger partial charge in [0.2, 0.25) is 5.91 Å². The Morgan fingerprint density at radius 1 is 1.53 bits per heavy atom. The minimum Gasteiger partial charge on any atom is -0.375 e. The molecule has 4 nitrogen and oxygen atoms in total. The van der Waals surface area contributed by atoms with Gasteiger partial charge in [0.05, 0.1) is 12.1 Å². The van der Waals surface area contributed by atoms with Gasteiger partial charge < -0.3 is 11.1 Å². The van der Waals surface area contributed by atoms with E-state index in [1.165, 1.54) is 11.3 Å². The molecule has 0 unspecified atom stereocenters. The Balaban J connectivity index is 1.98. The van der Waals surface area contributed by atoms with Crippen molar-refractivity contribution in [2.45, 2.75) is 6.42 Å². The van der Waals surface area contributed by atoms with Crippen molar-refractivity contribution in [3.05, 3.63) is 38.9 Å². The van der Waals surface area contributed by atoms with Gasteiger partial charge in [0.25, 0.3) is 0 Å². The number of rotatable bonds is 3. The molecule has 0 radical (unpaired) electrons. The number of thiazole rings is 1. The van der Waals surface area contributed by atoms with Crippen molar-refractivity contribution in [1.29, 1.82) is 0 Å². The molecule has 1 heterocycles. The van der Waals surface area contributed by atoms with Crippen molar-refractivity contribution in [3.8, 4) is 0 Å². The van der Waals surface area contributed by atoms with Gasteiger partial charge in [0.1, 0.15) is 0 Å². The molecule has 2 aromatic rings. The summed E-state index contributed by atoms with van der Waals surface area (Å²) in [6.45, 7) is 0. The molecule has 1 amide bonds. The minimum absolute atomic E-state index is 0.0858. The lowest BCUT2D eigenvalue weighted by atomic mass is 10.3. The van der Waals surface area contributed by atoms with Crippen molar-refractivity contribution in [3.63, 3.8) is 0 Å². The maximum absolute atomic E-state index is 11.7. The zero-order valence-corrected chi connectivity index (χ0v) is 11.8. The third kappa shape index (κ3) is 3.67. The van der Waals surface area contributed by atoms with Crippen LogP contribution in [0.25, 0.3) is 0 Å². The number of nitrogen functional groups attached to an aromatic ring is 1. The molecule has 17 heavy (non-hydrogen) atoms. The Bertz CT molecular complexity index is 541. The summed E-state index contributed by atoms with van der Waals surface area (Å²) >= 11 is 3.54. The molecular formula is C11H10IN3OS. The predicted octanol–water partition coefficient (Wildman–Crippen LogP) is 2.51. The van der Waals surface area contributed by atoms with Gasteiger partial charge in [-0.15, -0.1) is 11.3 Å². The van der Waals surface area contributed by atoms with E-state index in [4.69, 9.17) is 5.73 Å². The second-order valence-electron chi connectivity index (χ2n) is 3.41. The van der Waals surface area contributed by atoms with Crippen molar-refractivity contribution in [2.24, 2.45) is 0 Å². The van der Waals surface area contributed by atoms with E-state index in [1.54, 1.807) is 5.38 Å². The number of nitrogens with zero attached hydrogens (tertiary/aromatic N) is 1. The minimum atomic E-state index is -0.0858. The van der Waals surface area contributed by atoms with E-state index in [0.29, 0.717) is 10.8 Å². The first-order chi connectivity index (χ1) is 8.13. The molecule has 3 N–H and O–H groups in total. The average Bonchev–Trinajstić information content (AvgIpc) is 2.63. The number of aromatic nitrogens is 1. The molecule has 2 rings (SSSR count). The average molecular weight is 359 g/mol. The Morgan fingerprint density at radius 2 is 2.35 bits per heavy atom. The molecule has 0 fully saturated rings. The van der Waals surface area contributed by atoms with Crippen molar-refractivity contribution < 1.29 is 4.79 Å². The Hall–Kier alpha value is -1.15. The highest BCUT2D eigenvalue weighted by Gasteiger charge is 2.07. The molecule has 1 aromatic heterocycles. The lowest BCUT2D eigenvalue weighted by molar-refractivity contribution is -0.115. The number of hydrogen-bond donors (Lipinski definition) is 2. The zero-order chi connectivity index (χ0) is 12.3. The molecule has 1 aromatic carbocycles. The highest BCUT2D eigenvalue weighted by Crippen LogP contribution is 2.14. The Labute approximate surface area is 116 Å². The van der Waals surface area contributed by atoms with Crippen molar-refractivity contribution >= 4 is 50.7 Å². The molecule has 0 atom stereocenters. The third-order valence-electron chi connectivity index (χ3n) is 2.02.